The Morgan fingerprint density at radius 3 is 2.86 bits per heavy atom. The van der Waals surface area contributed by atoms with Gasteiger partial charge in [0.15, 0.2) is 0 Å². The third-order valence-electron chi connectivity index (χ3n) is 6.65. The molecular formula is C22H28N4O3. The number of aryl methyl sites for hydroxylation is 1. The highest BCUT2D eigenvalue weighted by atomic mass is 16.5. The molecule has 7 nitrogen and oxygen atoms in total. The van der Waals surface area contributed by atoms with E-state index in [1.807, 2.05) is 13.2 Å². The van der Waals surface area contributed by atoms with Crippen molar-refractivity contribution in [2.75, 3.05) is 25.1 Å². The van der Waals surface area contributed by atoms with Crippen molar-refractivity contribution in [1.82, 2.24) is 14.9 Å². The van der Waals surface area contributed by atoms with Crippen LogP contribution >= 0.6 is 0 Å². The van der Waals surface area contributed by atoms with Crippen LogP contribution in [0.5, 0.6) is 0 Å². The Morgan fingerprint density at radius 2 is 2.14 bits per heavy atom. The van der Waals surface area contributed by atoms with Gasteiger partial charge in [-0.15, -0.1) is 0 Å². The summed E-state index contributed by atoms with van der Waals surface area (Å²) in [5.41, 5.74) is 3.50. The van der Waals surface area contributed by atoms with Crippen molar-refractivity contribution in [3.05, 3.63) is 33.7 Å². The van der Waals surface area contributed by atoms with Crippen LogP contribution in [0.3, 0.4) is 0 Å². The Labute approximate surface area is 170 Å². The Balaban J connectivity index is 1.72. The van der Waals surface area contributed by atoms with E-state index < -0.39 is 5.97 Å². The lowest BCUT2D eigenvalue weighted by atomic mass is 10.0. The van der Waals surface area contributed by atoms with Crippen LogP contribution in [0.4, 0.5) is 5.69 Å². The van der Waals surface area contributed by atoms with Gasteiger partial charge in [-0.05, 0) is 52.5 Å². The van der Waals surface area contributed by atoms with Crippen LogP contribution in [0.25, 0.3) is 11.0 Å². The summed E-state index contributed by atoms with van der Waals surface area (Å²) in [4.78, 5) is 32.6. The largest absolute Gasteiger partial charge is 0.462 e. The maximum absolute atomic E-state index is 13.1. The number of hydrogen-bond acceptors (Lipinski definition) is 6. The zero-order valence-electron chi connectivity index (χ0n) is 17.1. The molecule has 2 aliphatic heterocycles. The van der Waals surface area contributed by atoms with E-state index in [0.717, 1.165) is 56.3 Å². The van der Waals surface area contributed by atoms with Gasteiger partial charge in [0.2, 0.25) is 5.43 Å². The van der Waals surface area contributed by atoms with Crippen LogP contribution < -0.4 is 15.6 Å². The third-order valence-corrected chi connectivity index (χ3v) is 6.65. The summed E-state index contributed by atoms with van der Waals surface area (Å²) in [5, 5.41) is 3.42. The second-order valence-corrected chi connectivity index (χ2v) is 8.47. The summed E-state index contributed by atoms with van der Waals surface area (Å²) in [6.07, 6.45) is 10.1. The molecule has 0 spiro atoms. The van der Waals surface area contributed by atoms with Crippen molar-refractivity contribution in [2.45, 2.75) is 63.6 Å². The van der Waals surface area contributed by atoms with Gasteiger partial charge < -0.3 is 19.5 Å². The van der Waals surface area contributed by atoms with Crippen molar-refractivity contribution in [3.8, 4) is 0 Å². The Kier molecular flexibility index (Phi) is 4.57. The van der Waals surface area contributed by atoms with Crippen LogP contribution in [-0.2, 0) is 11.2 Å². The maximum Gasteiger partial charge on any atom is 0.343 e. The van der Waals surface area contributed by atoms with Crippen molar-refractivity contribution in [2.24, 2.45) is 0 Å². The molecular weight excluding hydrogens is 368 g/mol. The average Bonchev–Trinajstić information content (AvgIpc) is 3.51. The van der Waals surface area contributed by atoms with E-state index in [-0.39, 0.29) is 17.6 Å². The zero-order chi connectivity index (χ0) is 20.1. The number of carbonyl (C=O) groups excluding carboxylic acids is 1. The summed E-state index contributed by atoms with van der Waals surface area (Å²) in [5.74, 6) is -0.554. The highest BCUT2D eigenvalue weighted by molar-refractivity contribution is 5.94. The number of rotatable bonds is 4. The molecule has 4 heterocycles. The van der Waals surface area contributed by atoms with Gasteiger partial charge in [-0.1, -0.05) is 0 Å². The Hall–Kier alpha value is -2.41. The highest BCUT2D eigenvalue weighted by Gasteiger charge is 2.36. The first-order chi connectivity index (χ1) is 14.1. The van der Waals surface area contributed by atoms with E-state index >= 15 is 0 Å². The molecule has 1 saturated carbocycles. The average molecular weight is 396 g/mol. The number of likely N-dealkylation sites (N-methyl/N-ethyl adjacent to an activating group) is 1. The van der Waals surface area contributed by atoms with Gasteiger partial charge in [-0.25, -0.2) is 9.78 Å². The molecule has 0 aromatic carbocycles. The van der Waals surface area contributed by atoms with Gasteiger partial charge in [-0.3, -0.25) is 4.79 Å². The Bertz CT molecular complexity index is 1030. The number of carbonyl (C=O) groups is 1. The molecule has 1 aliphatic carbocycles. The lowest BCUT2D eigenvalue weighted by Crippen LogP contribution is -2.32. The number of pyridine rings is 2. The SMILES string of the molecule is CCOC(=O)c1cn(C2CC2)c2c3c(cnc2c1=O)N1CC(NC)C[C@H]1CCC3. The molecule has 3 aliphatic rings. The number of ether oxygens (including phenoxy) is 1. The molecule has 1 unspecified atom stereocenters. The van der Waals surface area contributed by atoms with Crippen molar-refractivity contribution < 1.29 is 9.53 Å². The number of aromatic nitrogens is 2. The number of fused-ring (bicyclic) bond motifs is 5. The van der Waals surface area contributed by atoms with Crippen molar-refractivity contribution in [1.29, 1.82) is 0 Å². The predicted molar refractivity (Wildman–Crippen MR) is 112 cm³/mol. The molecule has 2 fully saturated rings. The third kappa shape index (κ3) is 3.03. The maximum atomic E-state index is 13.1. The van der Waals surface area contributed by atoms with Gasteiger partial charge in [-0.2, -0.15) is 0 Å². The molecule has 2 atom stereocenters. The minimum atomic E-state index is -0.554. The lowest BCUT2D eigenvalue weighted by molar-refractivity contribution is 0.0524. The zero-order valence-corrected chi connectivity index (χ0v) is 17.1. The predicted octanol–water partition coefficient (Wildman–Crippen LogP) is 2.41. The van der Waals surface area contributed by atoms with Crippen LogP contribution in [0.1, 0.15) is 61.0 Å². The van der Waals surface area contributed by atoms with Crippen LogP contribution in [0.2, 0.25) is 0 Å². The fourth-order valence-corrected chi connectivity index (χ4v) is 5.06. The van der Waals surface area contributed by atoms with Gasteiger partial charge in [0.25, 0.3) is 0 Å². The molecule has 7 heteroatoms. The summed E-state index contributed by atoms with van der Waals surface area (Å²) in [7, 11) is 2.03. The monoisotopic (exact) mass is 396 g/mol. The fourth-order valence-electron chi connectivity index (χ4n) is 5.06. The molecule has 0 bridgehead atoms. The second-order valence-electron chi connectivity index (χ2n) is 8.47. The van der Waals surface area contributed by atoms with Crippen LogP contribution in [-0.4, -0.2) is 47.8 Å². The number of hydrogen-bond donors (Lipinski definition) is 1. The van der Waals surface area contributed by atoms with E-state index in [2.05, 4.69) is 19.8 Å². The molecule has 1 N–H and O–H groups in total. The van der Waals surface area contributed by atoms with Gasteiger partial charge >= 0.3 is 5.97 Å². The van der Waals surface area contributed by atoms with E-state index in [4.69, 9.17) is 4.74 Å². The number of nitrogens with zero attached hydrogens (tertiary/aromatic N) is 3. The van der Waals surface area contributed by atoms with Gasteiger partial charge in [0.1, 0.15) is 11.1 Å². The summed E-state index contributed by atoms with van der Waals surface area (Å²) < 4.78 is 7.27. The van der Waals surface area contributed by atoms with E-state index in [1.54, 1.807) is 13.1 Å². The standard InChI is InChI=1S/C22H28N4O3/c1-3-29-22(28)17-12-26(14-7-8-14)20-16-6-4-5-15-9-13(23-2)11-25(15)18(16)10-24-19(20)21(17)27/h10,12-15,23H,3-9,11H2,1-2H3/t13?,15-/m1/s1. The van der Waals surface area contributed by atoms with Gasteiger partial charge in [0, 0.05) is 36.4 Å². The van der Waals surface area contributed by atoms with E-state index in [0.29, 0.717) is 23.6 Å². The molecule has 29 heavy (non-hydrogen) atoms. The quantitative estimate of drug-likeness (QED) is 0.800. The van der Waals surface area contributed by atoms with Crippen LogP contribution in [0.15, 0.2) is 17.2 Å². The summed E-state index contributed by atoms with van der Waals surface area (Å²) in [6, 6.07) is 1.34. The topological polar surface area (TPSA) is 76.5 Å². The molecule has 1 saturated heterocycles. The first kappa shape index (κ1) is 18.6. The van der Waals surface area contributed by atoms with Crippen molar-refractivity contribution in [3.63, 3.8) is 0 Å². The minimum absolute atomic E-state index is 0.0987. The number of anilines is 1. The lowest BCUT2D eigenvalue weighted by Gasteiger charge is -2.26. The first-order valence-corrected chi connectivity index (χ1v) is 10.8. The molecule has 2 aromatic heterocycles. The molecule has 154 valence electrons. The molecule has 2 aromatic rings. The normalized spacial score (nSPS) is 23.6. The van der Waals surface area contributed by atoms with Gasteiger partial charge in [0.05, 0.1) is 24.0 Å². The Morgan fingerprint density at radius 1 is 1.31 bits per heavy atom. The highest BCUT2D eigenvalue weighted by Crippen LogP contribution is 2.41. The summed E-state index contributed by atoms with van der Waals surface area (Å²) in [6.45, 7) is 2.97. The smallest absolute Gasteiger partial charge is 0.343 e. The number of nitrogens with one attached hydrogen (secondary N) is 1. The summed E-state index contributed by atoms with van der Waals surface area (Å²) >= 11 is 0. The van der Waals surface area contributed by atoms with Crippen molar-refractivity contribution >= 4 is 22.7 Å². The molecule has 0 radical (unpaired) electrons. The molecule has 0 amide bonds. The number of esters is 1. The van der Waals surface area contributed by atoms with Crippen LogP contribution in [0, 0.1) is 0 Å². The second kappa shape index (κ2) is 7.13. The minimum Gasteiger partial charge on any atom is -0.462 e. The van der Waals surface area contributed by atoms with E-state index in [9.17, 15) is 9.59 Å². The fraction of sp³-hybridized carbons (Fsp3) is 0.591. The first-order valence-electron chi connectivity index (χ1n) is 10.8. The molecule has 5 rings (SSSR count). The van der Waals surface area contributed by atoms with E-state index in [1.165, 1.54) is 5.56 Å².